The number of anilines is 1. The minimum Gasteiger partial charge on any atom is -0.379 e. The summed E-state index contributed by atoms with van der Waals surface area (Å²) >= 11 is 0. The zero-order valence-electron chi connectivity index (χ0n) is 18.8. The molecule has 1 saturated heterocycles. The molecular weight excluding hydrogens is 396 g/mol. The Balaban J connectivity index is 1.68. The van der Waals surface area contributed by atoms with Crippen LogP contribution in [-0.4, -0.2) is 73.5 Å². The van der Waals surface area contributed by atoms with E-state index in [0.29, 0.717) is 45.3 Å². The second-order valence-electron chi connectivity index (χ2n) is 7.65. The fourth-order valence-electron chi connectivity index (χ4n) is 3.49. The molecule has 3 amide bonds. The SMILES string of the molecule is CCN(CC)C(=O)CCCC(=O)NCc1cccc(NC(=O)CCN2CCOCC2)c1. The van der Waals surface area contributed by atoms with Crippen LogP contribution in [0.25, 0.3) is 0 Å². The quantitative estimate of drug-likeness (QED) is 0.527. The van der Waals surface area contributed by atoms with Crippen LogP contribution in [0.2, 0.25) is 0 Å². The fourth-order valence-corrected chi connectivity index (χ4v) is 3.49. The largest absolute Gasteiger partial charge is 0.379 e. The lowest BCUT2D eigenvalue weighted by Crippen LogP contribution is -2.38. The number of ether oxygens (including phenoxy) is 1. The summed E-state index contributed by atoms with van der Waals surface area (Å²) < 4.78 is 5.32. The third-order valence-electron chi connectivity index (χ3n) is 5.37. The molecule has 8 nitrogen and oxygen atoms in total. The van der Waals surface area contributed by atoms with Crippen molar-refractivity contribution in [2.24, 2.45) is 0 Å². The molecule has 0 aromatic heterocycles. The van der Waals surface area contributed by atoms with Gasteiger partial charge in [-0.1, -0.05) is 12.1 Å². The van der Waals surface area contributed by atoms with E-state index in [0.717, 1.165) is 44.1 Å². The van der Waals surface area contributed by atoms with Crippen LogP contribution in [0.3, 0.4) is 0 Å². The monoisotopic (exact) mass is 432 g/mol. The Hall–Kier alpha value is -2.45. The standard InChI is InChI=1S/C23H36N4O4/c1-3-27(4-2)23(30)10-6-9-21(28)24-18-19-7-5-8-20(17-19)25-22(29)11-12-26-13-15-31-16-14-26/h5,7-8,17H,3-4,6,9-16,18H2,1-2H3,(H,24,28)(H,25,29). The zero-order chi connectivity index (χ0) is 22.5. The van der Waals surface area contributed by atoms with Gasteiger partial charge >= 0.3 is 0 Å². The van der Waals surface area contributed by atoms with Crippen molar-refractivity contribution in [2.45, 2.75) is 46.1 Å². The van der Waals surface area contributed by atoms with Crippen LogP contribution >= 0.6 is 0 Å². The molecule has 0 unspecified atom stereocenters. The van der Waals surface area contributed by atoms with Crippen LogP contribution < -0.4 is 10.6 Å². The van der Waals surface area contributed by atoms with Crippen LogP contribution in [0.1, 0.15) is 45.1 Å². The third-order valence-corrected chi connectivity index (χ3v) is 5.37. The van der Waals surface area contributed by atoms with E-state index in [9.17, 15) is 14.4 Å². The Morgan fingerprint density at radius 3 is 2.48 bits per heavy atom. The van der Waals surface area contributed by atoms with Crippen LogP contribution in [0.5, 0.6) is 0 Å². The smallest absolute Gasteiger partial charge is 0.225 e. The summed E-state index contributed by atoms with van der Waals surface area (Å²) in [6, 6.07) is 7.49. The molecule has 31 heavy (non-hydrogen) atoms. The number of amides is 3. The van der Waals surface area contributed by atoms with Gasteiger partial charge in [0.15, 0.2) is 0 Å². The summed E-state index contributed by atoms with van der Waals surface area (Å²) in [5.41, 5.74) is 1.64. The second kappa shape index (κ2) is 13.8. The van der Waals surface area contributed by atoms with E-state index in [2.05, 4.69) is 15.5 Å². The lowest BCUT2D eigenvalue weighted by atomic mass is 10.1. The number of nitrogens with zero attached hydrogens (tertiary/aromatic N) is 2. The molecule has 0 bridgehead atoms. The highest BCUT2D eigenvalue weighted by Crippen LogP contribution is 2.11. The Morgan fingerprint density at radius 1 is 1.03 bits per heavy atom. The first-order chi connectivity index (χ1) is 15.0. The van der Waals surface area contributed by atoms with Crippen molar-refractivity contribution in [3.63, 3.8) is 0 Å². The van der Waals surface area contributed by atoms with E-state index in [4.69, 9.17) is 4.74 Å². The van der Waals surface area contributed by atoms with Crippen molar-refractivity contribution in [3.05, 3.63) is 29.8 Å². The van der Waals surface area contributed by atoms with Gasteiger partial charge in [-0.15, -0.1) is 0 Å². The maximum atomic E-state index is 12.2. The van der Waals surface area contributed by atoms with Crippen molar-refractivity contribution < 1.29 is 19.1 Å². The van der Waals surface area contributed by atoms with Crippen molar-refractivity contribution >= 4 is 23.4 Å². The molecule has 0 aliphatic carbocycles. The number of morpholine rings is 1. The van der Waals surface area contributed by atoms with Gasteiger partial charge in [0.05, 0.1) is 13.2 Å². The van der Waals surface area contributed by atoms with Gasteiger partial charge in [-0.2, -0.15) is 0 Å². The molecule has 1 aromatic carbocycles. The van der Waals surface area contributed by atoms with Crippen LogP contribution in [0.4, 0.5) is 5.69 Å². The first-order valence-corrected chi connectivity index (χ1v) is 11.2. The van der Waals surface area contributed by atoms with Crippen molar-refractivity contribution in [2.75, 3.05) is 51.3 Å². The van der Waals surface area contributed by atoms with Crippen LogP contribution in [-0.2, 0) is 25.7 Å². The summed E-state index contributed by atoms with van der Waals surface area (Å²) in [5.74, 6) is -0.00675. The highest BCUT2D eigenvalue weighted by molar-refractivity contribution is 5.90. The number of hydrogen-bond acceptors (Lipinski definition) is 5. The van der Waals surface area contributed by atoms with Gasteiger partial charge in [-0.3, -0.25) is 19.3 Å². The predicted molar refractivity (Wildman–Crippen MR) is 121 cm³/mol. The zero-order valence-corrected chi connectivity index (χ0v) is 18.8. The highest BCUT2D eigenvalue weighted by atomic mass is 16.5. The number of benzene rings is 1. The molecule has 1 aliphatic rings. The van der Waals surface area contributed by atoms with E-state index in [1.807, 2.05) is 38.1 Å². The number of rotatable bonds is 12. The maximum absolute atomic E-state index is 12.2. The normalized spacial score (nSPS) is 14.1. The Morgan fingerprint density at radius 2 is 1.77 bits per heavy atom. The number of carbonyl (C=O) groups excluding carboxylic acids is 3. The minimum atomic E-state index is -0.0766. The summed E-state index contributed by atoms with van der Waals surface area (Å²) in [5, 5.41) is 5.81. The van der Waals surface area contributed by atoms with E-state index < -0.39 is 0 Å². The first kappa shape index (κ1) is 24.8. The van der Waals surface area contributed by atoms with Gasteiger partial charge in [0.2, 0.25) is 17.7 Å². The number of carbonyl (C=O) groups is 3. The van der Waals surface area contributed by atoms with E-state index >= 15 is 0 Å². The number of hydrogen-bond donors (Lipinski definition) is 2. The highest BCUT2D eigenvalue weighted by Gasteiger charge is 2.13. The Labute approximate surface area is 185 Å². The fraction of sp³-hybridized carbons (Fsp3) is 0.609. The van der Waals surface area contributed by atoms with E-state index in [-0.39, 0.29) is 17.7 Å². The molecule has 0 radical (unpaired) electrons. The lowest BCUT2D eigenvalue weighted by molar-refractivity contribution is -0.131. The molecule has 1 fully saturated rings. The second-order valence-corrected chi connectivity index (χ2v) is 7.65. The Bertz CT molecular complexity index is 715. The van der Waals surface area contributed by atoms with E-state index in [1.165, 1.54) is 0 Å². The van der Waals surface area contributed by atoms with Gasteiger partial charge < -0.3 is 20.3 Å². The number of nitrogens with one attached hydrogen (secondary N) is 2. The summed E-state index contributed by atoms with van der Waals surface area (Å²) in [6.45, 7) is 9.59. The molecule has 0 saturated carbocycles. The molecule has 8 heteroatoms. The van der Waals surface area contributed by atoms with Gasteiger partial charge in [0.1, 0.15) is 0 Å². The van der Waals surface area contributed by atoms with Gasteiger partial charge in [-0.25, -0.2) is 0 Å². The van der Waals surface area contributed by atoms with Gasteiger partial charge in [0.25, 0.3) is 0 Å². The van der Waals surface area contributed by atoms with Crippen LogP contribution in [0.15, 0.2) is 24.3 Å². The summed E-state index contributed by atoms with van der Waals surface area (Å²) in [7, 11) is 0. The van der Waals surface area contributed by atoms with Crippen molar-refractivity contribution in [1.82, 2.24) is 15.1 Å². The molecular formula is C23H36N4O4. The summed E-state index contributed by atoms with van der Waals surface area (Å²) in [6.07, 6.45) is 1.69. The third kappa shape index (κ3) is 9.48. The molecule has 2 N–H and O–H groups in total. The Kier molecular flexibility index (Phi) is 11.0. The minimum absolute atomic E-state index is 0.0226. The first-order valence-electron chi connectivity index (χ1n) is 11.2. The molecule has 2 rings (SSSR count). The van der Waals surface area contributed by atoms with Crippen LogP contribution in [0, 0.1) is 0 Å². The molecule has 0 spiro atoms. The predicted octanol–water partition coefficient (Wildman–Crippen LogP) is 2.00. The average molecular weight is 433 g/mol. The molecule has 172 valence electrons. The van der Waals surface area contributed by atoms with E-state index in [1.54, 1.807) is 4.90 Å². The summed E-state index contributed by atoms with van der Waals surface area (Å²) in [4.78, 5) is 40.3. The average Bonchev–Trinajstić information content (AvgIpc) is 2.78. The van der Waals surface area contributed by atoms with Gasteiger partial charge in [-0.05, 0) is 38.0 Å². The van der Waals surface area contributed by atoms with Gasteiger partial charge in [0, 0.05) is 64.2 Å². The lowest BCUT2D eigenvalue weighted by Gasteiger charge is -2.26. The molecule has 1 heterocycles. The molecule has 1 aromatic rings. The van der Waals surface area contributed by atoms with Crippen molar-refractivity contribution in [3.8, 4) is 0 Å². The van der Waals surface area contributed by atoms with Crippen molar-refractivity contribution in [1.29, 1.82) is 0 Å². The molecule has 0 atom stereocenters. The topological polar surface area (TPSA) is 91.0 Å². The maximum Gasteiger partial charge on any atom is 0.225 e. The molecule has 1 aliphatic heterocycles.